The molecule has 0 bridgehead atoms. The number of hydrogen-bond donors (Lipinski definition) is 0. The molecule has 0 N–H and O–H groups in total. The molecule has 116 valence electrons. The van der Waals surface area contributed by atoms with Gasteiger partial charge in [0.2, 0.25) is 0 Å². The van der Waals surface area contributed by atoms with Gasteiger partial charge in [-0.25, -0.2) is 9.37 Å². The van der Waals surface area contributed by atoms with Crippen LogP contribution in [0.1, 0.15) is 24.3 Å². The minimum absolute atomic E-state index is 0.00649. The van der Waals surface area contributed by atoms with Gasteiger partial charge in [-0.2, -0.15) is 0 Å². The number of carbonyl (C=O) groups excluding carboxylic acids is 1. The van der Waals surface area contributed by atoms with Crippen molar-refractivity contribution in [3.05, 3.63) is 35.2 Å². The van der Waals surface area contributed by atoms with Gasteiger partial charge in [-0.05, 0) is 26.0 Å². The molecule has 0 aliphatic carbocycles. The average Bonchev–Trinajstić information content (AvgIpc) is 2.97. The van der Waals surface area contributed by atoms with Crippen LogP contribution in [0.25, 0.3) is 10.7 Å². The van der Waals surface area contributed by atoms with Crippen LogP contribution in [-0.2, 0) is 4.74 Å². The molecule has 3 rings (SSSR count). The first-order chi connectivity index (χ1) is 10.6. The predicted molar refractivity (Wildman–Crippen MR) is 81.2 cm³/mol. The first kappa shape index (κ1) is 15.1. The molecular weight excluding hydrogens is 305 g/mol. The molecule has 0 saturated carbocycles. The van der Waals surface area contributed by atoms with Gasteiger partial charge >= 0.3 is 0 Å². The van der Waals surface area contributed by atoms with Crippen molar-refractivity contribution in [3.8, 4) is 10.7 Å². The molecule has 2 unspecified atom stereocenters. The number of thiazole rings is 1. The molecule has 0 aromatic carbocycles. The van der Waals surface area contributed by atoms with Gasteiger partial charge < -0.3 is 9.64 Å². The van der Waals surface area contributed by atoms with Crippen LogP contribution in [0.4, 0.5) is 4.39 Å². The normalized spacial score (nSPS) is 21.9. The molecule has 1 amide bonds. The van der Waals surface area contributed by atoms with Crippen LogP contribution in [0, 0.1) is 5.82 Å². The quantitative estimate of drug-likeness (QED) is 0.853. The summed E-state index contributed by atoms with van der Waals surface area (Å²) in [4.78, 5) is 22.7. The fourth-order valence-corrected chi connectivity index (χ4v) is 3.35. The lowest BCUT2D eigenvalue weighted by Crippen LogP contribution is -2.52. The van der Waals surface area contributed by atoms with Crippen molar-refractivity contribution in [1.82, 2.24) is 14.9 Å². The highest BCUT2D eigenvalue weighted by Gasteiger charge is 2.31. The summed E-state index contributed by atoms with van der Waals surface area (Å²) >= 11 is 1.22. The Balaban J connectivity index is 1.87. The summed E-state index contributed by atoms with van der Waals surface area (Å²) in [6.07, 6.45) is 1.51. The molecule has 7 heteroatoms. The van der Waals surface area contributed by atoms with Crippen molar-refractivity contribution in [1.29, 1.82) is 0 Å². The highest BCUT2D eigenvalue weighted by molar-refractivity contribution is 7.13. The maximum atomic E-state index is 13.8. The maximum absolute atomic E-state index is 13.8. The lowest BCUT2D eigenvalue weighted by molar-refractivity contribution is -0.0251. The van der Waals surface area contributed by atoms with Crippen molar-refractivity contribution in [2.75, 3.05) is 13.2 Å². The number of amides is 1. The van der Waals surface area contributed by atoms with Crippen molar-refractivity contribution >= 4 is 17.2 Å². The second kappa shape index (κ2) is 6.10. The van der Waals surface area contributed by atoms with E-state index in [0.717, 1.165) is 0 Å². The summed E-state index contributed by atoms with van der Waals surface area (Å²) in [5, 5.41) is 2.07. The number of hydrogen-bond acceptors (Lipinski definition) is 5. The van der Waals surface area contributed by atoms with E-state index >= 15 is 0 Å². The summed E-state index contributed by atoms with van der Waals surface area (Å²) in [5.41, 5.74) is 0.500. The van der Waals surface area contributed by atoms with Crippen LogP contribution in [0.2, 0.25) is 0 Å². The number of morpholine rings is 1. The molecule has 22 heavy (non-hydrogen) atoms. The Labute approximate surface area is 131 Å². The fourth-order valence-electron chi connectivity index (χ4n) is 2.56. The standard InChI is InChI=1S/C15H16FN3O2S/c1-9-6-21-7-10(2)19(9)15(20)12-8-22-14(18-12)13-11(16)4-3-5-17-13/h3-5,8-10H,6-7H2,1-2H3. The molecule has 0 spiro atoms. The number of aromatic nitrogens is 2. The minimum Gasteiger partial charge on any atom is -0.377 e. The molecule has 1 aliphatic heterocycles. The molecule has 1 fully saturated rings. The zero-order chi connectivity index (χ0) is 15.7. The molecule has 2 aromatic rings. The minimum atomic E-state index is -0.441. The second-order valence-corrected chi connectivity index (χ2v) is 6.18. The van der Waals surface area contributed by atoms with E-state index in [4.69, 9.17) is 4.74 Å². The molecule has 1 aliphatic rings. The van der Waals surface area contributed by atoms with Crippen LogP contribution in [0.3, 0.4) is 0 Å². The largest absolute Gasteiger partial charge is 0.377 e. The number of carbonyl (C=O) groups is 1. The first-order valence-electron chi connectivity index (χ1n) is 7.04. The van der Waals surface area contributed by atoms with Gasteiger partial charge in [0.1, 0.15) is 16.4 Å². The lowest BCUT2D eigenvalue weighted by atomic mass is 10.1. The monoisotopic (exact) mass is 321 g/mol. The van der Waals surface area contributed by atoms with E-state index in [2.05, 4.69) is 9.97 Å². The molecule has 0 radical (unpaired) electrons. The van der Waals surface area contributed by atoms with E-state index < -0.39 is 5.82 Å². The number of pyridine rings is 1. The average molecular weight is 321 g/mol. The van der Waals surface area contributed by atoms with Crippen molar-refractivity contribution in [2.24, 2.45) is 0 Å². The fraction of sp³-hybridized carbons (Fsp3) is 0.400. The highest BCUT2D eigenvalue weighted by Crippen LogP contribution is 2.26. The topological polar surface area (TPSA) is 55.3 Å². The van der Waals surface area contributed by atoms with Gasteiger partial charge in [0.25, 0.3) is 5.91 Å². The van der Waals surface area contributed by atoms with Gasteiger partial charge in [-0.3, -0.25) is 9.78 Å². The number of rotatable bonds is 2. The third-order valence-corrected chi connectivity index (χ3v) is 4.44. The van der Waals surface area contributed by atoms with Crippen LogP contribution in [0.15, 0.2) is 23.7 Å². The molecule has 5 nitrogen and oxygen atoms in total. The summed E-state index contributed by atoms with van der Waals surface area (Å²) < 4.78 is 19.2. The van der Waals surface area contributed by atoms with Gasteiger partial charge in [0.05, 0.1) is 25.3 Å². The third kappa shape index (κ3) is 2.74. The Morgan fingerprint density at radius 3 is 2.82 bits per heavy atom. The van der Waals surface area contributed by atoms with Crippen molar-refractivity contribution < 1.29 is 13.9 Å². The lowest BCUT2D eigenvalue weighted by Gasteiger charge is -2.38. The predicted octanol–water partition coefficient (Wildman–Crippen LogP) is 2.59. The summed E-state index contributed by atoms with van der Waals surface area (Å²) in [6.45, 7) is 4.92. The van der Waals surface area contributed by atoms with Crippen molar-refractivity contribution in [2.45, 2.75) is 25.9 Å². The van der Waals surface area contributed by atoms with Crippen LogP contribution in [0.5, 0.6) is 0 Å². The first-order valence-corrected chi connectivity index (χ1v) is 7.92. The summed E-state index contributed by atoms with van der Waals surface area (Å²) in [5.74, 6) is -0.592. The third-order valence-electron chi connectivity index (χ3n) is 3.59. The van der Waals surface area contributed by atoms with E-state index in [1.54, 1.807) is 10.3 Å². The summed E-state index contributed by atoms with van der Waals surface area (Å²) in [6, 6.07) is 2.84. The number of nitrogens with zero attached hydrogens (tertiary/aromatic N) is 3. The zero-order valence-electron chi connectivity index (χ0n) is 12.3. The Morgan fingerprint density at radius 2 is 2.14 bits per heavy atom. The Morgan fingerprint density at radius 1 is 1.41 bits per heavy atom. The smallest absolute Gasteiger partial charge is 0.273 e. The van der Waals surface area contributed by atoms with Crippen molar-refractivity contribution in [3.63, 3.8) is 0 Å². The Hall–Kier alpha value is -1.86. The van der Waals surface area contributed by atoms with Gasteiger partial charge in [0, 0.05) is 11.6 Å². The molecule has 1 saturated heterocycles. The van der Waals surface area contributed by atoms with E-state index in [0.29, 0.717) is 23.9 Å². The second-order valence-electron chi connectivity index (χ2n) is 5.32. The van der Waals surface area contributed by atoms with E-state index in [-0.39, 0.29) is 23.7 Å². The van der Waals surface area contributed by atoms with Crippen LogP contribution >= 0.6 is 11.3 Å². The number of ether oxygens (including phenoxy) is 1. The summed E-state index contributed by atoms with van der Waals surface area (Å²) in [7, 11) is 0. The van der Waals surface area contributed by atoms with E-state index in [9.17, 15) is 9.18 Å². The maximum Gasteiger partial charge on any atom is 0.273 e. The van der Waals surface area contributed by atoms with E-state index in [1.165, 1.54) is 29.7 Å². The van der Waals surface area contributed by atoms with Crippen LogP contribution in [-0.4, -0.2) is 46.1 Å². The SMILES string of the molecule is CC1COCC(C)N1C(=O)c1csc(-c2ncccc2F)n1. The van der Waals surface area contributed by atoms with Crippen LogP contribution < -0.4 is 0 Å². The van der Waals surface area contributed by atoms with Gasteiger partial charge in [-0.15, -0.1) is 11.3 Å². The molecule has 2 atom stereocenters. The highest BCUT2D eigenvalue weighted by atomic mass is 32.1. The Kier molecular flexibility index (Phi) is 4.17. The van der Waals surface area contributed by atoms with Gasteiger partial charge in [-0.1, -0.05) is 0 Å². The molecule has 2 aromatic heterocycles. The molecular formula is C15H16FN3O2S. The Bertz CT molecular complexity index is 681. The number of halogens is 1. The zero-order valence-corrected chi connectivity index (χ0v) is 13.1. The van der Waals surface area contributed by atoms with Gasteiger partial charge in [0.15, 0.2) is 5.82 Å². The van der Waals surface area contributed by atoms with E-state index in [1.807, 2.05) is 13.8 Å². The molecule has 3 heterocycles.